The van der Waals surface area contributed by atoms with Crippen molar-refractivity contribution in [2.24, 2.45) is 0 Å². The molecule has 0 aliphatic carbocycles. The van der Waals surface area contributed by atoms with Gasteiger partial charge in [0, 0.05) is 23.1 Å². The number of likely N-dealkylation sites (N-methyl/N-ethyl adjacent to an activating group) is 1. The standard InChI is InChI=1S/C19H21FN2O2S/c1-22(2)11-10-16-17-12-14(20)8-9-18(17)21-19(16)13-25(23,24)15-6-4-3-5-7-15/h3-9,12,21H,10-11,13H2,1-2H3. The molecular formula is C19H21FN2O2S. The summed E-state index contributed by atoms with van der Waals surface area (Å²) < 4.78 is 39.1. The fraction of sp³-hybridized carbons (Fsp3) is 0.263. The van der Waals surface area contributed by atoms with Crippen molar-refractivity contribution in [1.82, 2.24) is 9.88 Å². The van der Waals surface area contributed by atoms with Crippen LogP contribution in [0.2, 0.25) is 0 Å². The van der Waals surface area contributed by atoms with E-state index in [1.165, 1.54) is 12.1 Å². The van der Waals surface area contributed by atoms with E-state index in [1.54, 1.807) is 36.4 Å². The van der Waals surface area contributed by atoms with Gasteiger partial charge in [0.2, 0.25) is 0 Å². The van der Waals surface area contributed by atoms with Crippen molar-refractivity contribution < 1.29 is 12.8 Å². The van der Waals surface area contributed by atoms with E-state index >= 15 is 0 Å². The summed E-state index contributed by atoms with van der Waals surface area (Å²) in [5.74, 6) is -0.453. The number of hydrogen-bond donors (Lipinski definition) is 1. The molecule has 3 rings (SSSR count). The van der Waals surface area contributed by atoms with Gasteiger partial charge in [0.15, 0.2) is 9.84 Å². The van der Waals surface area contributed by atoms with Gasteiger partial charge in [-0.3, -0.25) is 0 Å². The number of nitrogens with zero attached hydrogens (tertiary/aromatic N) is 1. The minimum absolute atomic E-state index is 0.129. The zero-order chi connectivity index (χ0) is 18.0. The number of fused-ring (bicyclic) bond motifs is 1. The van der Waals surface area contributed by atoms with E-state index in [1.807, 2.05) is 19.0 Å². The minimum atomic E-state index is -3.47. The lowest BCUT2D eigenvalue weighted by atomic mass is 10.1. The summed E-state index contributed by atoms with van der Waals surface area (Å²) in [7, 11) is 0.438. The number of sulfone groups is 1. The molecule has 3 aromatic rings. The average molecular weight is 360 g/mol. The highest BCUT2D eigenvalue weighted by Gasteiger charge is 2.20. The molecule has 0 bridgehead atoms. The molecule has 0 saturated heterocycles. The summed E-state index contributed by atoms with van der Waals surface area (Å²) in [5, 5.41) is 0.750. The van der Waals surface area contributed by atoms with Crippen molar-refractivity contribution in [2.75, 3.05) is 20.6 Å². The van der Waals surface area contributed by atoms with Crippen LogP contribution in [0.5, 0.6) is 0 Å². The van der Waals surface area contributed by atoms with Crippen LogP contribution in [0.4, 0.5) is 4.39 Å². The molecule has 132 valence electrons. The highest BCUT2D eigenvalue weighted by atomic mass is 32.2. The Kier molecular flexibility index (Phi) is 4.92. The van der Waals surface area contributed by atoms with Crippen molar-refractivity contribution in [2.45, 2.75) is 17.1 Å². The summed E-state index contributed by atoms with van der Waals surface area (Å²) >= 11 is 0. The van der Waals surface area contributed by atoms with Crippen molar-refractivity contribution in [3.63, 3.8) is 0 Å². The van der Waals surface area contributed by atoms with E-state index in [2.05, 4.69) is 4.98 Å². The zero-order valence-electron chi connectivity index (χ0n) is 14.3. The number of aromatic amines is 1. The summed E-state index contributed by atoms with van der Waals surface area (Å²) in [6.07, 6.45) is 0.649. The van der Waals surface area contributed by atoms with E-state index in [0.717, 1.165) is 23.0 Å². The van der Waals surface area contributed by atoms with Crippen LogP contribution in [0.25, 0.3) is 10.9 Å². The van der Waals surface area contributed by atoms with Gasteiger partial charge in [0.25, 0.3) is 0 Å². The molecule has 0 atom stereocenters. The lowest BCUT2D eigenvalue weighted by molar-refractivity contribution is 0.414. The molecule has 1 heterocycles. The summed E-state index contributed by atoms with van der Waals surface area (Å²) in [6, 6.07) is 12.9. The maximum absolute atomic E-state index is 13.7. The van der Waals surface area contributed by atoms with E-state index in [-0.39, 0.29) is 11.6 Å². The smallest absolute Gasteiger partial charge is 0.183 e. The number of hydrogen-bond acceptors (Lipinski definition) is 3. The normalized spacial score (nSPS) is 12.2. The van der Waals surface area contributed by atoms with E-state index in [9.17, 15) is 12.8 Å². The third-order valence-corrected chi connectivity index (χ3v) is 5.86. The molecule has 6 heteroatoms. The lowest BCUT2D eigenvalue weighted by Crippen LogP contribution is -2.16. The fourth-order valence-electron chi connectivity index (χ4n) is 2.92. The van der Waals surface area contributed by atoms with Crippen molar-refractivity contribution in [3.8, 4) is 0 Å². The molecule has 0 fully saturated rings. The van der Waals surface area contributed by atoms with Crippen LogP contribution >= 0.6 is 0 Å². The maximum atomic E-state index is 13.7. The second kappa shape index (κ2) is 6.98. The predicted octanol–water partition coefficient (Wildman–Crippen LogP) is 3.39. The number of H-pyrrole nitrogens is 1. The number of halogens is 1. The number of aromatic nitrogens is 1. The van der Waals surface area contributed by atoms with Crippen LogP contribution < -0.4 is 0 Å². The van der Waals surface area contributed by atoms with Gasteiger partial charge in [0.1, 0.15) is 5.82 Å². The first-order valence-electron chi connectivity index (χ1n) is 8.08. The van der Waals surface area contributed by atoms with Crippen molar-refractivity contribution >= 4 is 20.7 Å². The van der Waals surface area contributed by atoms with Gasteiger partial charge in [-0.1, -0.05) is 18.2 Å². The Morgan fingerprint density at radius 1 is 1.08 bits per heavy atom. The molecule has 4 nitrogen and oxygen atoms in total. The van der Waals surface area contributed by atoms with Gasteiger partial charge in [-0.25, -0.2) is 12.8 Å². The second-order valence-electron chi connectivity index (χ2n) is 6.40. The Morgan fingerprint density at radius 2 is 1.80 bits per heavy atom. The third kappa shape index (κ3) is 3.91. The third-order valence-electron chi connectivity index (χ3n) is 4.20. The predicted molar refractivity (Wildman–Crippen MR) is 97.8 cm³/mol. The SMILES string of the molecule is CN(C)CCc1c(CS(=O)(=O)c2ccccc2)[nH]c2ccc(F)cc12. The van der Waals surface area contributed by atoms with Crippen molar-refractivity contribution in [3.05, 3.63) is 65.6 Å². The van der Waals surface area contributed by atoms with E-state index in [4.69, 9.17) is 0 Å². The Labute approximate surface area is 147 Å². The van der Waals surface area contributed by atoms with Crippen LogP contribution in [0, 0.1) is 5.82 Å². The Bertz CT molecular complexity index is 979. The highest BCUT2D eigenvalue weighted by Crippen LogP contribution is 2.27. The molecular weight excluding hydrogens is 339 g/mol. The highest BCUT2D eigenvalue weighted by molar-refractivity contribution is 7.90. The largest absolute Gasteiger partial charge is 0.357 e. The number of nitrogens with one attached hydrogen (secondary N) is 1. The molecule has 0 radical (unpaired) electrons. The van der Waals surface area contributed by atoms with Crippen LogP contribution in [-0.2, 0) is 22.0 Å². The zero-order valence-corrected chi connectivity index (χ0v) is 15.1. The van der Waals surface area contributed by atoms with Gasteiger partial charge in [-0.2, -0.15) is 0 Å². The van der Waals surface area contributed by atoms with Crippen molar-refractivity contribution in [1.29, 1.82) is 0 Å². The van der Waals surface area contributed by atoms with Gasteiger partial charge >= 0.3 is 0 Å². The average Bonchev–Trinajstić information content (AvgIpc) is 2.89. The quantitative estimate of drug-likeness (QED) is 0.733. The van der Waals surface area contributed by atoms with Crippen LogP contribution in [0.15, 0.2) is 53.4 Å². The maximum Gasteiger partial charge on any atom is 0.183 e. The molecule has 0 aliphatic rings. The Morgan fingerprint density at radius 3 is 2.48 bits per heavy atom. The molecule has 1 N–H and O–H groups in total. The summed E-state index contributed by atoms with van der Waals surface area (Å²) in [6.45, 7) is 0.752. The first-order chi connectivity index (χ1) is 11.9. The minimum Gasteiger partial charge on any atom is -0.357 e. The van der Waals surface area contributed by atoms with Crippen LogP contribution in [0.3, 0.4) is 0 Å². The van der Waals surface area contributed by atoms with E-state index in [0.29, 0.717) is 17.0 Å². The van der Waals surface area contributed by atoms with E-state index < -0.39 is 9.84 Å². The topological polar surface area (TPSA) is 53.2 Å². The second-order valence-corrected chi connectivity index (χ2v) is 8.39. The first kappa shape index (κ1) is 17.6. The molecule has 0 spiro atoms. The molecule has 0 amide bonds. The van der Waals surface area contributed by atoms with Gasteiger partial charge < -0.3 is 9.88 Å². The molecule has 0 saturated carbocycles. The monoisotopic (exact) mass is 360 g/mol. The molecule has 0 unspecified atom stereocenters. The van der Waals surface area contributed by atoms with Crippen LogP contribution in [0.1, 0.15) is 11.3 Å². The lowest BCUT2D eigenvalue weighted by Gasteiger charge is -2.11. The Hall–Kier alpha value is -2.18. The molecule has 0 aliphatic heterocycles. The number of benzene rings is 2. The van der Waals surface area contributed by atoms with Gasteiger partial charge in [0.05, 0.1) is 10.6 Å². The van der Waals surface area contributed by atoms with Crippen LogP contribution in [-0.4, -0.2) is 38.9 Å². The van der Waals surface area contributed by atoms with Gasteiger partial charge in [-0.05, 0) is 56.4 Å². The summed E-state index contributed by atoms with van der Waals surface area (Å²) in [4.78, 5) is 5.49. The Balaban J connectivity index is 2.04. The number of rotatable bonds is 6. The first-order valence-corrected chi connectivity index (χ1v) is 9.73. The molecule has 2 aromatic carbocycles. The fourth-order valence-corrected chi connectivity index (χ4v) is 4.29. The molecule has 1 aromatic heterocycles. The summed E-state index contributed by atoms with van der Waals surface area (Å²) in [5.41, 5.74) is 2.25. The molecule has 25 heavy (non-hydrogen) atoms. The van der Waals surface area contributed by atoms with Gasteiger partial charge in [-0.15, -0.1) is 0 Å².